The second-order valence-corrected chi connectivity index (χ2v) is 6.05. The zero-order valence-corrected chi connectivity index (χ0v) is 12.1. The largest absolute Gasteiger partial charge is 0.361 e. The normalized spacial score (nSPS) is 11.8. The maximum absolute atomic E-state index is 12.7. The highest BCUT2D eigenvalue weighted by atomic mass is 31.2. The van der Waals surface area contributed by atoms with Gasteiger partial charge in [0.05, 0.1) is 18.5 Å². The summed E-state index contributed by atoms with van der Waals surface area (Å²) in [6.45, 7) is 10.4. The van der Waals surface area contributed by atoms with E-state index in [1.807, 2.05) is 46.8 Å². The van der Waals surface area contributed by atoms with Crippen LogP contribution in [-0.4, -0.2) is 13.2 Å². The minimum atomic E-state index is -3.16. The number of rotatable bonds is 5. The molecule has 0 aliphatic carbocycles. The molecule has 0 aliphatic rings. The van der Waals surface area contributed by atoms with Gasteiger partial charge in [-0.1, -0.05) is 6.07 Å². The van der Waals surface area contributed by atoms with E-state index in [0.717, 1.165) is 11.1 Å². The van der Waals surface area contributed by atoms with E-state index in [1.54, 1.807) is 0 Å². The van der Waals surface area contributed by atoms with E-state index in [1.165, 1.54) is 5.56 Å². The van der Waals surface area contributed by atoms with Crippen LogP contribution in [0.5, 0.6) is 0 Å². The van der Waals surface area contributed by atoms with E-state index in [-0.39, 0.29) is 0 Å². The molecule has 0 amide bonds. The Morgan fingerprint density at radius 2 is 1.41 bits per heavy atom. The summed E-state index contributed by atoms with van der Waals surface area (Å²) in [5.74, 6) is 0. The molecular weight excluding hydrogens is 235 g/mol. The van der Waals surface area contributed by atoms with Crippen molar-refractivity contribution in [3.63, 3.8) is 0 Å². The summed E-state index contributed by atoms with van der Waals surface area (Å²) in [6, 6.07) is 3.94. The van der Waals surface area contributed by atoms with E-state index in [9.17, 15) is 4.57 Å². The lowest BCUT2D eigenvalue weighted by Crippen LogP contribution is -2.15. The molecule has 3 nitrogen and oxygen atoms in total. The molecule has 0 saturated heterocycles. The first kappa shape index (κ1) is 14.4. The highest BCUT2D eigenvalue weighted by molar-refractivity contribution is 7.62. The van der Waals surface area contributed by atoms with Crippen LogP contribution in [-0.2, 0) is 13.6 Å². The number of hydrogen-bond acceptors (Lipinski definition) is 3. The van der Waals surface area contributed by atoms with Gasteiger partial charge in [-0.2, -0.15) is 0 Å². The zero-order valence-electron chi connectivity index (χ0n) is 11.2. The molecule has 1 rings (SSSR count). The van der Waals surface area contributed by atoms with Gasteiger partial charge in [-0.15, -0.1) is 0 Å². The second kappa shape index (κ2) is 5.81. The predicted octanol–water partition coefficient (Wildman–Crippen LogP) is 3.50. The molecule has 0 N–H and O–H groups in total. The van der Waals surface area contributed by atoms with Crippen molar-refractivity contribution in [1.29, 1.82) is 0 Å². The minimum Gasteiger partial charge on any atom is -0.305 e. The summed E-state index contributed by atoms with van der Waals surface area (Å²) >= 11 is 0. The van der Waals surface area contributed by atoms with Crippen molar-refractivity contribution in [2.24, 2.45) is 0 Å². The van der Waals surface area contributed by atoms with Gasteiger partial charge in [-0.25, -0.2) is 0 Å². The smallest absolute Gasteiger partial charge is 0.305 e. The van der Waals surface area contributed by atoms with E-state index >= 15 is 0 Å². The SMILES string of the molecule is CCOP(=O)(OCC)c1cc(C)c(C)cc1C. The topological polar surface area (TPSA) is 35.5 Å². The highest BCUT2D eigenvalue weighted by Crippen LogP contribution is 2.47. The summed E-state index contributed by atoms with van der Waals surface area (Å²) in [7, 11) is -3.16. The zero-order chi connectivity index (χ0) is 13.1. The lowest BCUT2D eigenvalue weighted by Gasteiger charge is -2.20. The molecule has 0 atom stereocenters. The maximum Gasteiger partial charge on any atom is 0.361 e. The first-order valence-corrected chi connectivity index (χ1v) is 7.46. The summed E-state index contributed by atoms with van der Waals surface area (Å²) in [6.07, 6.45) is 0. The van der Waals surface area contributed by atoms with Crippen LogP contribution in [0.2, 0.25) is 0 Å². The maximum atomic E-state index is 12.7. The van der Waals surface area contributed by atoms with E-state index in [4.69, 9.17) is 9.05 Å². The Kier molecular flexibility index (Phi) is 4.93. The monoisotopic (exact) mass is 256 g/mol. The van der Waals surface area contributed by atoms with Gasteiger partial charge in [0, 0.05) is 0 Å². The van der Waals surface area contributed by atoms with Crippen LogP contribution < -0.4 is 5.30 Å². The third kappa shape index (κ3) is 3.19. The van der Waals surface area contributed by atoms with Crippen LogP contribution in [0.15, 0.2) is 12.1 Å². The minimum absolute atomic E-state index is 0.379. The van der Waals surface area contributed by atoms with Gasteiger partial charge in [0.25, 0.3) is 0 Å². The predicted molar refractivity (Wildman–Crippen MR) is 71.1 cm³/mol. The average molecular weight is 256 g/mol. The van der Waals surface area contributed by atoms with Crippen molar-refractivity contribution in [1.82, 2.24) is 0 Å². The molecular formula is C13H21O3P. The van der Waals surface area contributed by atoms with Crippen molar-refractivity contribution in [3.8, 4) is 0 Å². The van der Waals surface area contributed by atoms with Gasteiger partial charge in [0.1, 0.15) is 0 Å². The first-order chi connectivity index (χ1) is 7.94. The molecule has 4 heteroatoms. The van der Waals surface area contributed by atoms with E-state index < -0.39 is 7.60 Å². The number of hydrogen-bond donors (Lipinski definition) is 0. The fraction of sp³-hybridized carbons (Fsp3) is 0.538. The van der Waals surface area contributed by atoms with Gasteiger partial charge in [-0.05, 0) is 57.4 Å². The van der Waals surface area contributed by atoms with Crippen molar-refractivity contribution >= 4 is 12.9 Å². The molecule has 0 spiro atoms. The summed E-state index contributed by atoms with van der Waals surface area (Å²) in [4.78, 5) is 0. The molecule has 0 aromatic heterocycles. The third-order valence-corrected chi connectivity index (χ3v) is 4.97. The van der Waals surface area contributed by atoms with Crippen LogP contribution in [0.1, 0.15) is 30.5 Å². The number of benzene rings is 1. The fourth-order valence-corrected chi connectivity index (χ4v) is 3.64. The van der Waals surface area contributed by atoms with Gasteiger partial charge >= 0.3 is 7.60 Å². The quantitative estimate of drug-likeness (QED) is 0.756. The third-order valence-electron chi connectivity index (χ3n) is 2.71. The van der Waals surface area contributed by atoms with Crippen molar-refractivity contribution in [2.45, 2.75) is 34.6 Å². The average Bonchev–Trinajstić information content (AvgIpc) is 2.24. The van der Waals surface area contributed by atoms with Gasteiger partial charge in [0.2, 0.25) is 0 Å². The van der Waals surface area contributed by atoms with Crippen LogP contribution in [0.3, 0.4) is 0 Å². The molecule has 96 valence electrons. The summed E-state index contributed by atoms with van der Waals surface area (Å²) in [5.41, 5.74) is 3.24. The van der Waals surface area contributed by atoms with Crippen LogP contribution in [0.25, 0.3) is 0 Å². The molecule has 0 unspecified atom stereocenters. The van der Waals surface area contributed by atoms with E-state index in [2.05, 4.69) is 0 Å². The lowest BCUT2D eigenvalue weighted by molar-refractivity contribution is 0.230. The summed E-state index contributed by atoms with van der Waals surface area (Å²) in [5, 5.41) is 0.685. The molecule has 1 aromatic rings. The Balaban J connectivity index is 3.28. The van der Waals surface area contributed by atoms with Crippen molar-refractivity contribution in [2.75, 3.05) is 13.2 Å². The standard InChI is InChI=1S/C13H21O3P/c1-6-15-17(14,16-7-2)13-9-11(4)10(3)8-12(13)5/h8-9H,6-7H2,1-5H3. The molecule has 17 heavy (non-hydrogen) atoms. The van der Waals surface area contributed by atoms with Crippen molar-refractivity contribution in [3.05, 3.63) is 28.8 Å². The van der Waals surface area contributed by atoms with Crippen molar-refractivity contribution < 1.29 is 13.6 Å². The Bertz CT molecular complexity index is 431. The van der Waals surface area contributed by atoms with Gasteiger partial charge in [0.15, 0.2) is 0 Å². The Morgan fingerprint density at radius 1 is 0.941 bits per heavy atom. The first-order valence-electron chi connectivity index (χ1n) is 5.92. The van der Waals surface area contributed by atoms with Crippen LogP contribution in [0.4, 0.5) is 0 Å². The Hall–Kier alpha value is -0.630. The van der Waals surface area contributed by atoms with Gasteiger partial charge in [-0.3, -0.25) is 4.57 Å². The van der Waals surface area contributed by atoms with Crippen LogP contribution in [0, 0.1) is 20.8 Å². The highest BCUT2D eigenvalue weighted by Gasteiger charge is 2.28. The lowest BCUT2D eigenvalue weighted by atomic mass is 10.1. The molecule has 0 bridgehead atoms. The summed E-state index contributed by atoms with van der Waals surface area (Å²) < 4.78 is 23.4. The van der Waals surface area contributed by atoms with Gasteiger partial charge < -0.3 is 9.05 Å². The molecule has 0 heterocycles. The molecule has 0 saturated carbocycles. The Morgan fingerprint density at radius 3 is 1.88 bits per heavy atom. The fourth-order valence-electron chi connectivity index (χ4n) is 1.76. The molecule has 0 aliphatic heterocycles. The molecule has 1 aromatic carbocycles. The number of aryl methyl sites for hydroxylation is 3. The molecule has 0 radical (unpaired) electrons. The molecule has 0 fully saturated rings. The Labute approximate surface area is 104 Å². The van der Waals surface area contributed by atoms with E-state index in [0.29, 0.717) is 18.5 Å². The second-order valence-electron chi connectivity index (χ2n) is 4.06. The van der Waals surface area contributed by atoms with Crippen LogP contribution >= 0.6 is 7.60 Å².